The average molecular weight is 405 g/mol. The largest absolute Gasteiger partial charge is 0.493 e. The van der Waals surface area contributed by atoms with E-state index in [1.165, 1.54) is 18.3 Å². The van der Waals surface area contributed by atoms with Gasteiger partial charge >= 0.3 is 0 Å². The van der Waals surface area contributed by atoms with Crippen LogP contribution in [0.5, 0.6) is 11.5 Å². The van der Waals surface area contributed by atoms with Gasteiger partial charge in [0.2, 0.25) is 0 Å². The molecule has 29 heavy (non-hydrogen) atoms. The van der Waals surface area contributed by atoms with Gasteiger partial charge in [-0.25, -0.2) is 4.98 Å². The van der Waals surface area contributed by atoms with E-state index in [9.17, 15) is 10.1 Å². The number of hydrogen-bond donors (Lipinski definition) is 1. The number of rotatable bonds is 7. The topological polar surface area (TPSA) is 84.2 Å². The zero-order valence-corrected chi connectivity index (χ0v) is 17.0. The Hall–Kier alpha value is -3.63. The molecule has 0 saturated carbocycles. The highest BCUT2D eigenvalue weighted by atomic mass is 32.1. The molecule has 0 atom stereocenters. The predicted molar refractivity (Wildman–Crippen MR) is 114 cm³/mol. The van der Waals surface area contributed by atoms with Crippen LogP contribution in [0.25, 0.3) is 16.8 Å². The number of nitriles is 1. The molecule has 0 amide bonds. The number of methoxy groups -OCH3 is 2. The van der Waals surface area contributed by atoms with E-state index in [1.807, 2.05) is 23.6 Å². The molecule has 3 rings (SSSR count). The monoisotopic (exact) mass is 405 g/mol. The summed E-state index contributed by atoms with van der Waals surface area (Å²) < 4.78 is 10.6. The molecule has 7 heteroatoms. The molecular weight excluding hydrogens is 386 g/mol. The highest BCUT2D eigenvalue weighted by Gasteiger charge is 2.12. The summed E-state index contributed by atoms with van der Waals surface area (Å²) in [6.45, 7) is 1.52. The number of Topliss-reactive ketones (excluding diaryl/α,β-unsaturated/α-hetero) is 1. The van der Waals surface area contributed by atoms with Crippen LogP contribution in [0.4, 0.5) is 5.69 Å². The summed E-state index contributed by atoms with van der Waals surface area (Å²) in [6, 6.07) is 14.8. The van der Waals surface area contributed by atoms with Crippen LogP contribution in [0.2, 0.25) is 0 Å². The fourth-order valence-corrected chi connectivity index (χ4v) is 3.42. The van der Waals surface area contributed by atoms with E-state index in [0.717, 1.165) is 16.9 Å². The molecule has 2 aromatic carbocycles. The molecule has 0 saturated heterocycles. The molecule has 0 unspecified atom stereocenters. The molecule has 0 fully saturated rings. The first-order valence-electron chi connectivity index (χ1n) is 8.71. The van der Waals surface area contributed by atoms with Crippen molar-refractivity contribution in [3.8, 4) is 28.8 Å². The Morgan fingerprint density at radius 1 is 1.14 bits per heavy atom. The first-order valence-corrected chi connectivity index (χ1v) is 9.59. The van der Waals surface area contributed by atoms with E-state index in [1.54, 1.807) is 44.7 Å². The van der Waals surface area contributed by atoms with Gasteiger partial charge in [-0.15, -0.1) is 11.3 Å². The van der Waals surface area contributed by atoms with Gasteiger partial charge < -0.3 is 14.8 Å². The number of ketones is 1. The van der Waals surface area contributed by atoms with Gasteiger partial charge in [-0.3, -0.25) is 4.79 Å². The van der Waals surface area contributed by atoms with Gasteiger partial charge in [-0.05, 0) is 49.4 Å². The lowest BCUT2D eigenvalue weighted by Gasteiger charge is -2.08. The SMILES string of the molecule is COc1ccc(-c2csc(/C(C#N)=C/Nc3ccc(C(C)=O)cc3)n2)cc1OC. The molecule has 1 heterocycles. The molecule has 1 N–H and O–H groups in total. The quantitative estimate of drug-likeness (QED) is 0.439. The molecule has 3 aromatic rings. The molecule has 146 valence electrons. The number of carbonyl (C=O) groups is 1. The van der Waals surface area contributed by atoms with Crippen LogP contribution in [0.1, 0.15) is 22.3 Å². The van der Waals surface area contributed by atoms with Crippen LogP contribution in [-0.2, 0) is 0 Å². The smallest absolute Gasteiger partial charge is 0.161 e. The average Bonchev–Trinajstić information content (AvgIpc) is 3.24. The van der Waals surface area contributed by atoms with Crippen LogP contribution in [0.3, 0.4) is 0 Å². The van der Waals surface area contributed by atoms with Gasteiger partial charge in [-0.1, -0.05) is 0 Å². The minimum atomic E-state index is 0.00952. The Balaban J connectivity index is 1.81. The number of hydrogen-bond acceptors (Lipinski definition) is 7. The molecule has 0 aliphatic carbocycles. The molecular formula is C22H19N3O3S. The summed E-state index contributed by atoms with van der Waals surface area (Å²) in [5.74, 6) is 1.27. The number of anilines is 1. The van der Waals surface area contributed by atoms with Crippen LogP contribution < -0.4 is 14.8 Å². The Bertz CT molecular complexity index is 1100. The third-order valence-electron chi connectivity index (χ3n) is 4.21. The summed E-state index contributed by atoms with van der Waals surface area (Å²) >= 11 is 1.38. The van der Waals surface area contributed by atoms with Gasteiger partial charge in [0.15, 0.2) is 17.3 Å². The number of carbonyl (C=O) groups excluding carboxylic acids is 1. The zero-order valence-electron chi connectivity index (χ0n) is 16.2. The van der Waals surface area contributed by atoms with Gasteiger partial charge in [-0.2, -0.15) is 5.26 Å². The minimum Gasteiger partial charge on any atom is -0.493 e. The lowest BCUT2D eigenvalue weighted by atomic mass is 10.1. The summed E-state index contributed by atoms with van der Waals surface area (Å²) in [4.78, 5) is 15.9. The van der Waals surface area contributed by atoms with Crippen molar-refractivity contribution in [2.45, 2.75) is 6.92 Å². The van der Waals surface area contributed by atoms with Gasteiger partial charge in [0.05, 0.1) is 19.9 Å². The maximum absolute atomic E-state index is 11.4. The van der Waals surface area contributed by atoms with Crippen molar-refractivity contribution < 1.29 is 14.3 Å². The molecule has 0 aliphatic rings. The second-order valence-corrected chi connectivity index (χ2v) is 6.91. The highest BCUT2D eigenvalue weighted by Crippen LogP contribution is 2.33. The van der Waals surface area contributed by atoms with E-state index in [-0.39, 0.29) is 5.78 Å². The van der Waals surface area contributed by atoms with Crippen LogP contribution >= 0.6 is 11.3 Å². The zero-order chi connectivity index (χ0) is 20.8. The van der Waals surface area contributed by atoms with Crippen molar-refractivity contribution in [2.75, 3.05) is 19.5 Å². The number of nitrogens with one attached hydrogen (secondary N) is 1. The molecule has 0 aliphatic heterocycles. The molecule has 1 aromatic heterocycles. The number of nitrogens with zero attached hydrogens (tertiary/aromatic N) is 2. The summed E-state index contributed by atoms with van der Waals surface area (Å²) in [6.07, 6.45) is 1.61. The van der Waals surface area contributed by atoms with E-state index < -0.39 is 0 Å². The Morgan fingerprint density at radius 2 is 1.86 bits per heavy atom. The molecule has 0 radical (unpaired) electrons. The van der Waals surface area contributed by atoms with Crippen molar-refractivity contribution in [3.05, 3.63) is 64.6 Å². The second-order valence-electron chi connectivity index (χ2n) is 6.06. The summed E-state index contributed by atoms with van der Waals surface area (Å²) in [5, 5.41) is 15.1. The molecule has 6 nitrogen and oxygen atoms in total. The van der Waals surface area contributed by atoms with Gasteiger partial charge in [0, 0.05) is 28.4 Å². The lowest BCUT2D eigenvalue weighted by Crippen LogP contribution is -1.94. The van der Waals surface area contributed by atoms with Crippen molar-refractivity contribution in [1.29, 1.82) is 5.26 Å². The van der Waals surface area contributed by atoms with Crippen LogP contribution in [0, 0.1) is 11.3 Å². The fourth-order valence-electron chi connectivity index (χ4n) is 2.62. The normalized spacial score (nSPS) is 10.9. The van der Waals surface area contributed by atoms with E-state index in [2.05, 4.69) is 16.4 Å². The lowest BCUT2D eigenvalue weighted by molar-refractivity contribution is 0.101. The second kappa shape index (κ2) is 9.04. The maximum atomic E-state index is 11.4. The van der Waals surface area contributed by atoms with Crippen molar-refractivity contribution in [3.63, 3.8) is 0 Å². The first-order chi connectivity index (χ1) is 14.0. The standard InChI is InChI=1S/C22H19N3O3S/c1-14(26)15-4-7-18(8-5-15)24-12-17(11-23)22-25-19(13-29-22)16-6-9-20(27-2)21(10-16)28-3/h4-10,12-13,24H,1-3H3/b17-12+. The third kappa shape index (κ3) is 4.62. The number of thiazole rings is 1. The van der Waals surface area contributed by atoms with Crippen LogP contribution in [0.15, 0.2) is 54.0 Å². The van der Waals surface area contributed by atoms with E-state index >= 15 is 0 Å². The first kappa shape index (κ1) is 20.1. The van der Waals surface area contributed by atoms with E-state index in [4.69, 9.17) is 9.47 Å². The number of ether oxygens (including phenoxy) is 2. The number of aromatic nitrogens is 1. The van der Waals surface area contributed by atoms with Crippen LogP contribution in [-0.4, -0.2) is 25.0 Å². The van der Waals surface area contributed by atoms with E-state index in [0.29, 0.717) is 27.6 Å². The summed E-state index contributed by atoms with van der Waals surface area (Å²) in [5.41, 5.74) is 3.45. The number of allylic oxidation sites excluding steroid dienone is 1. The Kier molecular flexibility index (Phi) is 6.27. The Labute approximate surface area is 173 Å². The fraction of sp³-hybridized carbons (Fsp3) is 0.136. The van der Waals surface area contributed by atoms with Gasteiger partial charge in [0.25, 0.3) is 0 Å². The molecule has 0 spiro atoms. The Morgan fingerprint density at radius 3 is 2.48 bits per heavy atom. The maximum Gasteiger partial charge on any atom is 0.161 e. The molecule has 0 bridgehead atoms. The predicted octanol–water partition coefficient (Wildman–Crippen LogP) is 5.01. The van der Waals surface area contributed by atoms with Crippen molar-refractivity contribution >= 4 is 28.4 Å². The highest BCUT2D eigenvalue weighted by molar-refractivity contribution is 7.11. The van der Waals surface area contributed by atoms with Gasteiger partial charge in [0.1, 0.15) is 16.6 Å². The third-order valence-corrected chi connectivity index (χ3v) is 5.08. The number of benzene rings is 2. The minimum absolute atomic E-state index is 0.00952. The van der Waals surface area contributed by atoms with Crippen molar-refractivity contribution in [1.82, 2.24) is 4.98 Å². The van der Waals surface area contributed by atoms with Crippen molar-refractivity contribution in [2.24, 2.45) is 0 Å². The summed E-state index contributed by atoms with van der Waals surface area (Å²) in [7, 11) is 3.17.